The molecule has 0 radical (unpaired) electrons. The zero-order chi connectivity index (χ0) is 26.0. The van der Waals surface area contributed by atoms with Crippen LogP contribution in [0.25, 0.3) is 0 Å². The van der Waals surface area contributed by atoms with E-state index in [1.54, 1.807) is 45.0 Å². The van der Waals surface area contributed by atoms with Gasteiger partial charge in [0.25, 0.3) is 0 Å². The summed E-state index contributed by atoms with van der Waals surface area (Å²) in [6, 6.07) is 5.21. The van der Waals surface area contributed by atoms with Gasteiger partial charge in [-0.1, -0.05) is 78.3 Å². The lowest BCUT2D eigenvalue weighted by molar-refractivity contribution is -0.142. The van der Waals surface area contributed by atoms with Crippen LogP contribution in [0.3, 0.4) is 0 Å². The molecule has 9 nitrogen and oxygen atoms in total. The molecule has 9 heteroatoms. The molecular formula is C25H40N4O5. The molecule has 0 saturated carbocycles. The third kappa shape index (κ3) is 8.78. The van der Waals surface area contributed by atoms with E-state index in [-0.39, 0.29) is 24.2 Å². The Morgan fingerprint density at radius 3 is 1.82 bits per heavy atom. The van der Waals surface area contributed by atoms with E-state index >= 15 is 0 Å². The van der Waals surface area contributed by atoms with Crippen LogP contribution < -0.4 is 21.7 Å². The Hall–Kier alpha value is -2.94. The Bertz CT molecular complexity index is 828. The third-order valence-corrected chi connectivity index (χ3v) is 5.96. The Kier molecular flexibility index (Phi) is 11.7. The number of hydrogen-bond acceptors (Lipinski definition) is 5. The third-order valence-electron chi connectivity index (χ3n) is 5.96. The molecule has 5 atom stereocenters. The standard InChI is InChI=1S/C25H40N4O5/c1-7-16(6)21(24(32)27-18(25(33)34)13-17-11-9-8-10-12-17)29-23(31)20(15(4)5)28-22(30)19(26)14(2)3/h8-12,14-16,18-21H,7,13,26H2,1-6H3,(H,27,32)(H,28,30)(H,29,31)(H,33,34). The molecule has 0 saturated heterocycles. The maximum atomic E-state index is 13.1. The molecule has 5 unspecified atom stereocenters. The van der Waals surface area contributed by atoms with Crippen molar-refractivity contribution in [3.05, 3.63) is 35.9 Å². The molecule has 0 fully saturated rings. The van der Waals surface area contributed by atoms with Gasteiger partial charge in [0.15, 0.2) is 0 Å². The predicted octanol–water partition coefficient (Wildman–Crippen LogP) is 1.45. The molecule has 0 bridgehead atoms. The van der Waals surface area contributed by atoms with Gasteiger partial charge in [0.2, 0.25) is 17.7 Å². The van der Waals surface area contributed by atoms with Crippen molar-refractivity contribution in [1.29, 1.82) is 0 Å². The number of nitrogens with one attached hydrogen (secondary N) is 3. The lowest BCUT2D eigenvalue weighted by atomic mass is 9.95. The molecule has 0 aromatic heterocycles. The number of carboxylic acid groups (broad SMARTS) is 1. The van der Waals surface area contributed by atoms with Gasteiger partial charge in [-0.2, -0.15) is 0 Å². The second kappa shape index (κ2) is 13.7. The highest BCUT2D eigenvalue weighted by molar-refractivity contribution is 5.94. The van der Waals surface area contributed by atoms with E-state index in [2.05, 4.69) is 16.0 Å². The Morgan fingerprint density at radius 1 is 0.824 bits per heavy atom. The van der Waals surface area contributed by atoms with Crippen molar-refractivity contribution in [2.45, 2.75) is 78.6 Å². The molecule has 0 heterocycles. The molecule has 0 aliphatic rings. The van der Waals surface area contributed by atoms with Gasteiger partial charge in [0.05, 0.1) is 6.04 Å². The van der Waals surface area contributed by atoms with Gasteiger partial charge in [0.1, 0.15) is 18.1 Å². The highest BCUT2D eigenvalue weighted by Gasteiger charge is 2.34. The summed E-state index contributed by atoms with van der Waals surface area (Å²) in [6.07, 6.45) is 0.687. The molecule has 0 aliphatic heterocycles. The van der Waals surface area contributed by atoms with Crippen LogP contribution in [-0.4, -0.2) is 53.0 Å². The van der Waals surface area contributed by atoms with Gasteiger partial charge >= 0.3 is 5.97 Å². The minimum Gasteiger partial charge on any atom is -0.480 e. The lowest BCUT2D eigenvalue weighted by Gasteiger charge is -2.29. The minimum atomic E-state index is -1.17. The smallest absolute Gasteiger partial charge is 0.326 e. The van der Waals surface area contributed by atoms with E-state index in [1.165, 1.54) is 0 Å². The topological polar surface area (TPSA) is 151 Å². The van der Waals surface area contributed by atoms with Crippen LogP contribution in [0.2, 0.25) is 0 Å². The summed E-state index contributed by atoms with van der Waals surface area (Å²) in [5, 5.41) is 17.6. The molecule has 1 aromatic carbocycles. The molecule has 6 N–H and O–H groups in total. The van der Waals surface area contributed by atoms with Crippen molar-refractivity contribution in [3.63, 3.8) is 0 Å². The van der Waals surface area contributed by atoms with Gasteiger partial charge in [-0.3, -0.25) is 14.4 Å². The average Bonchev–Trinajstić information content (AvgIpc) is 2.79. The predicted molar refractivity (Wildman–Crippen MR) is 131 cm³/mol. The van der Waals surface area contributed by atoms with Crippen LogP contribution in [0, 0.1) is 17.8 Å². The van der Waals surface area contributed by atoms with Crippen LogP contribution in [0.1, 0.15) is 53.5 Å². The van der Waals surface area contributed by atoms with Gasteiger partial charge in [-0.25, -0.2) is 4.79 Å². The molecule has 0 aliphatic carbocycles. The highest BCUT2D eigenvalue weighted by atomic mass is 16.4. The average molecular weight is 477 g/mol. The second-order valence-corrected chi connectivity index (χ2v) is 9.46. The summed E-state index contributed by atoms with van der Waals surface area (Å²) in [4.78, 5) is 50.4. The van der Waals surface area contributed by atoms with Gasteiger partial charge in [0, 0.05) is 6.42 Å². The minimum absolute atomic E-state index is 0.105. The SMILES string of the molecule is CCC(C)C(NC(=O)C(NC(=O)C(N)C(C)C)C(C)C)C(=O)NC(Cc1ccccc1)C(=O)O. The van der Waals surface area contributed by atoms with Crippen LogP contribution in [0.5, 0.6) is 0 Å². The van der Waals surface area contributed by atoms with Gasteiger partial charge in [-0.15, -0.1) is 0 Å². The summed E-state index contributed by atoms with van der Waals surface area (Å²) >= 11 is 0. The number of hydrogen-bond donors (Lipinski definition) is 5. The fourth-order valence-corrected chi connectivity index (χ4v) is 3.34. The van der Waals surface area contributed by atoms with Crippen molar-refractivity contribution in [3.8, 4) is 0 Å². The first kappa shape index (κ1) is 29.1. The summed E-state index contributed by atoms with van der Waals surface area (Å²) < 4.78 is 0. The van der Waals surface area contributed by atoms with E-state index in [1.807, 2.05) is 26.8 Å². The Labute approximate surface area is 202 Å². The maximum Gasteiger partial charge on any atom is 0.326 e. The molecule has 1 rings (SSSR count). The number of benzene rings is 1. The van der Waals surface area contributed by atoms with Crippen molar-refractivity contribution >= 4 is 23.7 Å². The van der Waals surface area contributed by atoms with Crippen molar-refractivity contribution in [2.75, 3.05) is 0 Å². The van der Waals surface area contributed by atoms with Crippen molar-refractivity contribution < 1.29 is 24.3 Å². The fourth-order valence-electron chi connectivity index (χ4n) is 3.34. The Morgan fingerprint density at radius 2 is 1.35 bits per heavy atom. The number of carbonyl (C=O) groups excluding carboxylic acids is 3. The van der Waals surface area contributed by atoms with Crippen LogP contribution >= 0.6 is 0 Å². The van der Waals surface area contributed by atoms with E-state index < -0.39 is 47.9 Å². The van der Waals surface area contributed by atoms with E-state index in [0.29, 0.717) is 6.42 Å². The molecular weight excluding hydrogens is 436 g/mol. The normalized spacial score (nSPS) is 15.7. The summed E-state index contributed by atoms with van der Waals surface area (Å²) in [5.74, 6) is -3.34. The number of amides is 3. The molecule has 0 spiro atoms. The fraction of sp³-hybridized carbons (Fsp3) is 0.600. The summed E-state index contributed by atoms with van der Waals surface area (Å²) in [5.41, 5.74) is 6.68. The summed E-state index contributed by atoms with van der Waals surface area (Å²) in [7, 11) is 0. The van der Waals surface area contributed by atoms with Crippen LogP contribution in [0.15, 0.2) is 30.3 Å². The molecule has 1 aromatic rings. The number of carbonyl (C=O) groups is 4. The van der Waals surface area contributed by atoms with Gasteiger partial charge in [-0.05, 0) is 23.3 Å². The van der Waals surface area contributed by atoms with Crippen molar-refractivity contribution in [1.82, 2.24) is 16.0 Å². The largest absolute Gasteiger partial charge is 0.480 e. The van der Waals surface area contributed by atoms with Crippen molar-refractivity contribution in [2.24, 2.45) is 23.5 Å². The molecule has 34 heavy (non-hydrogen) atoms. The van der Waals surface area contributed by atoms with Crippen LogP contribution in [0.4, 0.5) is 0 Å². The van der Waals surface area contributed by atoms with Crippen LogP contribution in [-0.2, 0) is 25.6 Å². The number of nitrogens with two attached hydrogens (primary N) is 1. The highest BCUT2D eigenvalue weighted by Crippen LogP contribution is 2.12. The number of rotatable bonds is 13. The zero-order valence-corrected chi connectivity index (χ0v) is 21.0. The number of carboxylic acids is 1. The quantitative estimate of drug-likeness (QED) is 0.291. The maximum absolute atomic E-state index is 13.1. The summed E-state index contributed by atoms with van der Waals surface area (Å²) in [6.45, 7) is 10.9. The van der Waals surface area contributed by atoms with E-state index in [0.717, 1.165) is 5.56 Å². The first-order valence-electron chi connectivity index (χ1n) is 11.8. The second-order valence-electron chi connectivity index (χ2n) is 9.46. The number of aliphatic carboxylic acids is 1. The van der Waals surface area contributed by atoms with E-state index in [4.69, 9.17) is 5.73 Å². The van der Waals surface area contributed by atoms with Gasteiger partial charge < -0.3 is 26.8 Å². The first-order chi connectivity index (χ1) is 15.9. The lowest BCUT2D eigenvalue weighted by Crippen LogP contribution is -2.60. The Balaban J connectivity index is 3.01. The first-order valence-corrected chi connectivity index (χ1v) is 11.8. The zero-order valence-electron chi connectivity index (χ0n) is 21.0. The molecule has 190 valence electrons. The monoisotopic (exact) mass is 476 g/mol. The molecule has 3 amide bonds. The van der Waals surface area contributed by atoms with E-state index in [9.17, 15) is 24.3 Å².